The monoisotopic (exact) mass is 364 g/mol. The molecule has 124 valence electrons. The van der Waals surface area contributed by atoms with E-state index < -0.39 is 0 Å². The molecule has 0 atom stereocenters. The van der Waals surface area contributed by atoms with Crippen LogP contribution in [-0.2, 0) is 11.3 Å². The predicted octanol–water partition coefficient (Wildman–Crippen LogP) is 4.52. The summed E-state index contributed by atoms with van der Waals surface area (Å²) in [5.41, 5.74) is 3.44. The molecule has 2 aromatic carbocycles. The molecule has 0 saturated carbocycles. The number of likely N-dealkylation sites (N-methyl/N-ethyl adjacent to an activating group) is 1. The number of hydrogen-bond donors (Lipinski definition) is 0. The summed E-state index contributed by atoms with van der Waals surface area (Å²) in [5, 5.41) is 1.14. The number of amides is 1. The van der Waals surface area contributed by atoms with E-state index in [9.17, 15) is 4.79 Å². The fourth-order valence-corrected chi connectivity index (χ4v) is 4.16. The Balaban J connectivity index is 1.78. The van der Waals surface area contributed by atoms with Crippen LogP contribution in [0, 0.1) is 0 Å². The third-order valence-electron chi connectivity index (χ3n) is 4.29. The minimum absolute atomic E-state index is 0.0325. The topological polar surface area (TPSA) is 25.2 Å². The molecule has 3 nitrogen and oxygen atoms in total. The van der Waals surface area contributed by atoms with E-state index in [0.29, 0.717) is 9.23 Å². The van der Waals surface area contributed by atoms with Gasteiger partial charge in [-0.25, -0.2) is 0 Å². The Hall–Kier alpha value is -2.37. The molecule has 0 radical (unpaired) electrons. The van der Waals surface area contributed by atoms with Gasteiger partial charge in [-0.15, -0.1) is 0 Å². The fraction of sp³-hybridized carbons (Fsp3) is 0.100. The fourth-order valence-electron chi connectivity index (χ4n) is 2.99. The van der Waals surface area contributed by atoms with Crippen molar-refractivity contribution in [1.29, 1.82) is 0 Å². The second-order valence-electron chi connectivity index (χ2n) is 5.96. The van der Waals surface area contributed by atoms with Gasteiger partial charge in [0.05, 0.1) is 4.91 Å². The molecule has 1 saturated heterocycles. The van der Waals surface area contributed by atoms with Crippen molar-refractivity contribution in [2.24, 2.45) is 0 Å². The van der Waals surface area contributed by atoms with E-state index in [4.69, 9.17) is 12.2 Å². The number of carbonyl (C=O) groups is 1. The second-order valence-corrected chi connectivity index (χ2v) is 7.63. The number of thiocarbonyl (C=S) groups is 1. The zero-order valence-corrected chi connectivity index (χ0v) is 15.3. The van der Waals surface area contributed by atoms with E-state index >= 15 is 0 Å². The van der Waals surface area contributed by atoms with Crippen LogP contribution >= 0.6 is 24.0 Å². The largest absolute Gasteiger partial charge is 0.342 e. The van der Waals surface area contributed by atoms with Gasteiger partial charge in [0, 0.05) is 36.3 Å². The number of rotatable bonds is 3. The molecule has 1 amide bonds. The van der Waals surface area contributed by atoms with Crippen molar-refractivity contribution in [2.45, 2.75) is 6.54 Å². The van der Waals surface area contributed by atoms with Crippen LogP contribution in [0.3, 0.4) is 0 Å². The van der Waals surface area contributed by atoms with Crippen molar-refractivity contribution in [3.05, 3.63) is 76.8 Å². The molecule has 0 N–H and O–H groups in total. The Bertz CT molecular complexity index is 1000. The Morgan fingerprint density at radius 2 is 1.80 bits per heavy atom. The average molecular weight is 364 g/mol. The van der Waals surface area contributed by atoms with Crippen molar-refractivity contribution in [1.82, 2.24) is 9.47 Å². The van der Waals surface area contributed by atoms with Gasteiger partial charge in [0.1, 0.15) is 4.32 Å². The first-order chi connectivity index (χ1) is 12.1. The molecule has 0 bridgehead atoms. The Morgan fingerprint density at radius 1 is 1.08 bits per heavy atom. The van der Waals surface area contributed by atoms with Crippen LogP contribution in [0.1, 0.15) is 11.1 Å². The smallest absolute Gasteiger partial charge is 0.265 e. The predicted molar refractivity (Wildman–Crippen MR) is 108 cm³/mol. The Morgan fingerprint density at radius 3 is 2.52 bits per heavy atom. The van der Waals surface area contributed by atoms with Gasteiger partial charge in [-0.3, -0.25) is 9.69 Å². The SMILES string of the molecule is CN1C(=O)C(=Cc2cn(Cc3ccccc3)c3ccccc23)SC1=S. The Kier molecular flexibility index (Phi) is 4.19. The first kappa shape index (κ1) is 16.1. The van der Waals surface area contributed by atoms with E-state index in [2.05, 4.69) is 47.2 Å². The molecule has 3 aromatic rings. The molecule has 1 aliphatic rings. The van der Waals surface area contributed by atoms with Gasteiger partial charge < -0.3 is 4.57 Å². The third kappa shape index (κ3) is 3.01. The van der Waals surface area contributed by atoms with E-state index in [0.717, 1.165) is 23.0 Å². The molecule has 1 fully saturated rings. The lowest BCUT2D eigenvalue weighted by atomic mass is 10.1. The van der Waals surface area contributed by atoms with Crippen LogP contribution in [0.25, 0.3) is 17.0 Å². The van der Waals surface area contributed by atoms with Crippen LogP contribution in [-0.4, -0.2) is 26.7 Å². The highest BCUT2D eigenvalue weighted by molar-refractivity contribution is 8.26. The molecule has 25 heavy (non-hydrogen) atoms. The van der Waals surface area contributed by atoms with Crippen molar-refractivity contribution < 1.29 is 4.79 Å². The highest BCUT2D eigenvalue weighted by Crippen LogP contribution is 2.33. The van der Waals surface area contributed by atoms with E-state index in [1.807, 2.05) is 24.3 Å². The normalized spacial score (nSPS) is 16.4. The van der Waals surface area contributed by atoms with Crippen molar-refractivity contribution in [3.63, 3.8) is 0 Å². The van der Waals surface area contributed by atoms with Gasteiger partial charge in [-0.1, -0.05) is 72.5 Å². The summed E-state index contributed by atoms with van der Waals surface area (Å²) in [7, 11) is 1.72. The zero-order valence-electron chi connectivity index (χ0n) is 13.7. The number of nitrogens with zero attached hydrogens (tertiary/aromatic N) is 2. The van der Waals surface area contributed by atoms with Gasteiger partial charge >= 0.3 is 0 Å². The highest BCUT2D eigenvalue weighted by Gasteiger charge is 2.28. The van der Waals surface area contributed by atoms with Crippen molar-refractivity contribution >= 4 is 51.2 Å². The van der Waals surface area contributed by atoms with Gasteiger partial charge in [0.2, 0.25) is 0 Å². The van der Waals surface area contributed by atoms with E-state index in [1.165, 1.54) is 22.2 Å². The number of thioether (sulfide) groups is 1. The Labute approximate surface area is 155 Å². The van der Waals surface area contributed by atoms with E-state index in [1.54, 1.807) is 7.05 Å². The first-order valence-corrected chi connectivity index (χ1v) is 9.19. The molecule has 4 rings (SSSR count). The summed E-state index contributed by atoms with van der Waals surface area (Å²) in [6, 6.07) is 18.6. The quantitative estimate of drug-likeness (QED) is 0.505. The molecular formula is C20H16N2OS2. The molecule has 0 unspecified atom stereocenters. The molecular weight excluding hydrogens is 348 g/mol. The summed E-state index contributed by atoms with van der Waals surface area (Å²) >= 11 is 6.58. The number of aromatic nitrogens is 1. The first-order valence-electron chi connectivity index (χ1n) is 7.97. The summed E-state index contributed by atoms with van der Waals surface area (Å²) in [4.78, 5) is 14.5. The maximum atomic E-state index is 12.3. The van der Waals surface area contributed by atoms with Gasteiger partial charge in [-0.2, -0.15) is 0 Å². The average Bonchev–Trinajstić information content (AvgIpc) is 3.09. The number of hydrogen-bond acceptors (Lipinski definition) is 3. The van der Waals surface area contributed by atoms with Crippen LogP contribution in [0.2, 0.25) is 0 Å². The number of para-hydroxylation sites is 1. The third-order valence-corrected chi connectivity index (χ3v) is 5.77. The van der Waals surface area contributed by atoms with E-state index in [-0.39, 0.29) is 5.91 Å². The molecule has 1 aliphatic heterocycles. The van der Waals surface area contributed by atoms with Crippen molar-refractivity contribution in [2.75, 3.05) is 7.05 Å². The zero-order chi connectivity index (χ0) is 17.4. The summed E-state index contributed by atoms with van der Waals surface area (Å²) in [6.07, 6.45) is 4.06. The van der Waals surface area contributed by atoms with Gasteiger partial charge in [0.15, 0.2) is 0 Å². The molecule has 2 heterocycles. The lowest BCUT2D eigenvalue weighted by Gasteiger charge is -2.05. The van der Waals surface area contributed by atoms with Crippen LogP contribution in [0.5, 0.6) is 0 Å². The molecule has 0 spiro atoms. The second kappa shape index (κ2) is 6.50. The molecule has 1 aromatic heterocycles. The summed E-state index contributed by atoms with van der Waals surface area (Å²) in [5.74, 6) is -0.0325. The minimum Gasteiger partial charge on any atom is -0.342 e. The summed E-state index contributed by atoms with van der Waals surface area (Å²) < 4.78 is 2.83. The number of carbonyl (C=O) groups excluding carboxylic acids is 1. The number of benzene rings is 2. The van der Waals surface area contributed by atoms with Crippen LogP contribution in [0.4, 0.5) is 0 Å². The minimum atomic E-state index is -0.0325. The van der Waals surface area contributed by atoms with Crippen LogP contribution < -0.4 is 0 Å². The van der Waals surface area contributed by atoms with Gasteiger partial charge in [0.25, 0.3) is 5.91 Å². The van der Waals surface area contributed by atoms with Crippen molar-refractivity contribution in [3.8, 4) is 0 Å². The highest BCUT2D eigenvalue weighted by atomic mass is 32.2. The van der Waals surface area contributed by atoms with Crippen LogP contribution in [0.15, 0.2) is 65.7 Å². The van der Waals surface area contributed by atoms with Gasteiger partial charge in [-0.05, 0) is 17.7 Å². The lowest BCUT2D eigenvalue weighted by Crippen LogP contribution is -2.22. The maximum absolute atomic E-state index is 12.3. The summed E-state index contributed by atoms with van der Waals surface area (Å²) in [6.45, 7) is 0.796. The standard InChI is InChI=1S/C20H16N2OS2/c1-21-19(23)18(25-20(21)24)11-15-13-22(12-14-7-3-2-4-8-14)17-10-6-5-9-16(15)17/h2-11,13H,12H2,1H3. The molecule has 5 heteroatoms. The molecule has 0 aliphatic carbocycles. The number of fused-ring (bicyclic) bond motifs is 1. The lowest BCUT2D eigenvalue weighted by molar-refractivity contribution is -0.121. The maximum Gasteiger partial charge on any atom is 0.265 e.